The summed E-state index contributed by atoms with van der Waals surface area (Å²) in [7, 11) is 0. The summed E-state index contributed by atoms with van der Waals surface area (Å²) in [5.74, 6) is 0.664. The van der Waals surface area contributed by atoms with Gasteiger partial charge in [-0.15, -0.1) is 0 Å². The summed E-state index contributed by atoms with van der Waals surface area (Å²) in [6.07, 6.45) is 4.35. The molecule has 4 heteroatoms. The van der Waals surface area contributed by atoms with E-state index in [4.69, 9.17) is 10.5 Å². The molecule has 0 aromatic heterocycles. The molecule has 3 N–H and O–H groups in total. The third-order valence-corrected chi connectivity index (χ3v) is 4.21. The van der Waals surface area contributed by atoms with Crippen molar-refractivity contribution in [3.8, 4) is 0 Å². The second kappa shape index (κ2) is 5.94. The highest BCUT2D eigenvalue weighted by Gasteiger charge is 2.41. The molecule has 20 heavy (non-hydrogen) atoms. The van der Waals surface area contributed by atoms with Crippen LogP contribution in [0, 0.1) is 5.92 Å². The highest BCUT2D eigenvalue weighted by atomic mass is 16.5. The molecule has 0 bridgehead atoms. The maximum atomic E-state index is 12.5. The molecule has 1 aromatic rings. The quantitative estimate of drug-likeness (QED) is 0.855. The van der Waals surface area contributed by atoms with Crippen LogP contribution < -0.4 is 11.1 Å². The van der Waals surface area contributed by atoms with E-state index in [1.807, 2.05) is 24.3 Å². The zero-order valence-corrected chi connectivity index (χ0v) is 11.7. The summed E-state index contributed by atoms with van der Waals surface area (Å²) in [5, 5.41) is 3.16. The zero-order valence-electron chi connectivity index (χ0n) is 11.7. The minimum Gasteiger partial charge on any atom is -0.376 e. The van der Waals surface area contributed by atoms with Crippen molar-refractivity contribution < 1.29 is 9.53 Å². The van der Waals surface area contributed by atoms with Crippen LogP contribution in [0.2, 0.25) is 0 Å². The standard InChI is InChI=1S/C16H22N2O2/c17-9-7-11-3-1-2-4-13(11)16(19)18-14-8-10-20-15(14)12-5-6-12/h1-4,12,14-15H,5-10,17H2,(H,18,19). The molecular weight excluding hydrogens is 252 g/mol. The van der Waals surface area contributed by atoms with Crippen LogP contribution in [-0.2, 0) is 11.2 Å². The number of nitrogens with one attached hydrogen (secondary N) is 1. The molecule has 2 unspecified atom stereocenters. The van der Waals surface area contributed by atoms with Crippen LogP contribution in [-0.4, -0.2) is 31.2 Å². The van der Waals surface area contributed by atoms with Crippen LogP contribution in [0.25, 0.3) is 0 Å². The Kier molecular flexibility index (Phi) is 4.03. The van der Waals surface area contributed by atoms with Crippen molar-refractivity contribution in [1.82, 2.24) is 5.32 Å². The van der Waals surface area contributed by atoms with Crippen molar-refractivity contribution in [3.63, 3.8) is 0 Å². The van der Waals surface area contributed by atoms with E-state index >= 15 is 0 Å². The largest absolute Gasteiger partial charge is 0.376 e. The number of carbonyl (C=O) groups excluding carboxylic acids is 1. The summed E-state index contributed by atoms with van der Waals surface area (Å²) in [6, 6.07) is 7.88. The SMILES string of the molecule is NCCc1ccccc1C(=O)NC1CCOC1C1CC1. The van der Waals surface area contributed by atoms with Gasteiger partial charge in [-0.25, -0.2) is 0 Å². The Bertz CT molecular complexity index is 485. The van der Waals surface area contributed by atoms with Gasteiger partial charge in [0.2, 0.25) is 0 Å². The molecule has 2 aliphatic rings. The Morgan fingerprint density at radius 1 is 1.30 bits per heavy atom. The van der Waals surface area contributed by atoms with Crippen molar-refractivity contribution >= 4 is 5.91 Å². The van der Waals surface area contributed by atoms with Crippen LogP contribution in [0.1, 0.15) is 35.2 Å². The van der Waals surface area contributed by atoms with Crippen molar-refractivity contribution in [3.05, 3.63) is 35.4 Å². The van der Waals surface area contributed by atoms with Crippen molar-refractivity contribution in [1.29, 1.82) is 0 Å². The second-order valence-corrected chi connectivity index (χ2v) is 5.74. The average molecular weight is 274 g/mol. The predicted octanol–water partition coefficient (Wildman–Crippen LogP) is 1.49. The molecule has 1 saturated carbocycles. The predicted molar refractivity (Wildman–Crippen MR) is 77.5 cm³/mol. The fourth-order valence-corrected chi connectivity index (χ4v) is 3.02. The van der Waals surface area contributed by atoms with Gasteiger partial charge < -0.3 is 15.8 Å². The van der Waals surface area contributed by atoms with Gasteiger partial charge in [-0.05, 0) is 49.8 Å². The molecule has 108 valence electrons. The number of carbonyl (C=O) groups is 1. The van der Waals surface area contributed by atoms with E-state index in [1.54, 1.807) is 0 Å². The Labute approximate surface area is 119 Å². The molecule has 0 radical (unpaired) electrons. The topological polar surface area (TPSA) is 64.4 Å². The molecule has 1 aliphatic carbocycles. The highest BCUT2D eigenvalue weighted by Crippen LogP contribution is 2.38. The van der Waals surface area contributed by atoms with Gasteiger partial charge in [0.25, 0.3) is 5.91 Å². The third-order valence-electron chi connectivity index (χ3n) is 4.21. The Balaban J connectivity index is 1.69. The van der Waals surface area contributed by atoms with E-state index in [9.17, 15) is 4.79 Å². The number of amides is 1. The summed E-state index contributed by atoms with van der Waals surface area (Å²) >= 11 is 0. The molecule has 1 aliphatic heterocycles. The minimum absolute atomic E-state index is 0.00944. The lowest BCUT2D eigenvalue weighted by atomic mass is 10.0. The normalized spacial score (nSPS) is 25.6. The van der Waals surface area contributed by atoms with Crippen molar-refractivity contribution in [2.45, 2.75) is 37.8 Å². The summed E-state index contributed by atoms with van der Waals surface area (Å²) in [4.78, 5) is 12.5. The fourth-order valence-electron chi connectivity index (χ4n) is 3.02. The molecule has 1 aromatic carbocycles. The van der Waals surface area contributed by atoms with Gasteiger partial charge in [-0.1, -0.05) is 18.2 Å². The number of hydrogen-bond acceptors (Lipinski definition) is 3. The Hall–Kier alpha value is -1.39. The van der Waals surface area contributed by atoms with E-state index < -0.39 is 0 Å². The maximum Gasteiger partial charge on any atom is 0.251 e. The fraction of sp³-hybridized carbons (Fsp3) is 0.562. The first-order chi connectivity index (χ1) is 9.79. The molecule has 1 saturated heterocycles. The first kappa shape index (κ1) is 13.6. The summed E-state index contributed by atoms with van der Waals surface area (Å²) in [5.41, 5.74) is 7.38. The van der Waals surface area contributed by atoms with Gasteiger partial charge >= 0.3 is 0 Å². The lowest BCUT2D eigenvalue weighted by molar-refractivity contribution is 0.0729. The summed E-state index contributed by atoms with van der Waals surface area (Å²) < 4.78 is 5.77. The van der Waals surface area contributed by atoms with Gasteiger partial charge in [0.15, 0.2) is 0 Å². The van der Waals surface area contributed by atoms with E-state index in [0.29, 0.717) is 12.5 Å². The van der Waals surface area contributed by atoms with Crippen molar-refractivity contribution in [2.24, 2.45) is 11.7 Å². The van der Waals surface area contributed by atoms with E-state index in [0.717, 1.165) is 30.6 Å². The van der Waals surface area contributed by atoms with Crippen molar-refractivity contribution in [2.75, 3.05) is 13.2 Å². The van der Waals surface area contributed by atoms with Gasteiger partial charge in [-0.3, -0.25) is 4.79 Å². The molecule has 0 spiro atoms. The van der Waals surface area contributed by atoms with Gasteiger partial charge in [0, 0.05) is 12.2 Å². The van der Waals surface area contributed by atoms with Crippen LogP contribution in [0.15, 0.2) is 24.3 Å². The van der Waals surface area contributed by atoms with E-state index in [-0.39, 0.29) is 18.1 Å². The molecule has 1 amide bonds. The number of benzene rings is 1. The first-order valence-corrected chi connectivity index (χ1v) is 7.50. The molecule has 3 rings (SSSR count). The highest BCUT2D eigenvalue weighted by molar-refractivity contribution is 5.95. The number of nitrogens with two attached hydrogens (primary N) is 1. The zero-order chi connectivity index (χ0) is 13.9. The Morgan fingerprint density at radius 3 is 2.85 bits per heavy atom. The Morgan fingerprint density at radius 2 is 2.10 bits per heavy atom. The van der Waals surface area contributed by atoms with Gasteiger partial charge in [-0.2, -0.15) is 0 Å². The molecular formula is C16H22N2O2. The van der Waals surface area contributed by atoms with Crippen LogP contribution in [0.3, 0.4) is 0 Å². The first-order valence-electron chi connectivity index (χ1n) is 7.50. The second-order valence-electron chi connectivity index (χ2n) is 5.74. The average Bonchev–Trinajstić information content (AvgIpc) is 3.20. The van der Waals surface area contributed by atoms with E-state index in [2.05, 4.69) is 5.32 Å². The number of rotatable bonds is 5. The molecule has 2 atom stereocenters. The lowest BCUT2D eigenvalue weighted by Gasteiger charge is -2.20. The molecule has 1 heterocycles. The summed E-state index contributed by atoms with van der Waals surface area (Å²) in [6.45, 7) is 1.32. The third kappa shape index (κ3) is 2.86. The van der Waals surface area contributed by atoms with Crippen LogP contribution >= 0.6 is 0 Å². The molecule has 4 nitrogen and oxygen atoms in total. The van der Waals surface area contributed by atoms with Crippen LogP contribution in [0.4, 0.5) is 0 Å². The van der Waals surface area contributed by atoms with Crippen LogP contribution in [0.5, 0.6) is 0 Å². The molecule has 2 fully saturated rings. The number of hydrogen-bond donors (Lipinski definition) is 2. The van der Waals surface area contributed by atoms with E-state index in [1.165, 1.54) is 12.8 Å². The smallest absolute Gasteiger partial charge is 0.251 e. The van der Waals surface area contributed by atoms with Gasteiger partial charge in [0.05, 0.1) is 12.1 Å². The lowest BCUT2D eigenvalue weighted by Crippen LogP contribution is -2.41. The monoisotopic (exact) mass is 274 g/mol. The number of ether oxygens (including phenoxy) is 1. The van der Waals surface area contributed by atoms with Gasteiger partial charge in [0.1, 0.15) is 0 Å². The maximum absolute atomic E-state index is 12.5. The minimum atomic E-state index is 0.00944.